The number of hydrogen-bond donors (Lipinski definition) is 2. The zero-order valence-corrected chi connectivity index (χ0v) is 7.65. The summed E-state index contributed by atoms with van der Waals surface area (Å²) in [5, 5.41) is 12.4. The van der Waals surface area contributed by atoms with Gasteiger partial charge in [-0.15, -0.1) is 11.3 Å². The molecule has 1 amide bonds. The lowest BCUT2D eigenvalue weighted by atomic mass is 10.4. The number of aliphatic hydroxyl groups excluding tert-OH is 1. The molecule has 0 aromatic carbocycles. The molecule has 0 spiro atoms. The number of nitrogens with one attached hydrogen (secondary N) is 1. The molecule has 0 saturated heterocycles. The Morgan fingerprint density at radius 2 is 2.58 bits per heavy atom. The molecule has 1 rings (SSSR count). The second-order valence-electron chi connectivity index (χ2n) is 1.97. The number of hydrogen-bond acceptors (Lipinski definition) is 4. The molecule has 0 aliphatic rings. The zero-order chi connectivity index (χ0) is 8.97. The van der Waals surface area contributed by atoms with Gasteiger partial charge in [-0.2, -0.15) is 0 Å². The van der Waals surface area contributed by atoms with Gasteiger partial charge in [-0.25, -0.2) is 4.98 Å². The molecule has 1 heterocycles. The molecule has 6 heteroatoms. The molecule has 0 aliphatic carbocycles. The van der Waals surface area contributed by atoms with Crippen molar-refractivity contribution in [3.8, 4) is 0 Å². The lowest BCUT2D eigenvalue weighted by molar-refractivity contribution is 0.0940. The molecule has 12 heavy (non-hydrogen) atoms. The van der Waals surface area contributed by atoms with Crippen molar-refractivity contribution < 1.29 is 9.90 Å². The minimum atomic E-state index is -0.313. The first-order valence-corrected chi connectivity index (χ1v) is 4.50. The number of aromatic nitrogens is 1. The summed E-state index contributed by atoms with van der Waals surface area (Å²) in [6.07, 6.45) is 0. The number of nitrogens with zero attached hydrogens (tertiary/aromatic N) is 1. The van der Waals surface area contributed by atoms with Crippen molar-refractivity contribution in [2.75, 3.05) is 13.2 Å². The minimum absolute atomic E-state index is 0.0798. The molecule has 0 unspecified atom stereocenters. The zero-order valence-electron chi connectivity index (χ0n) is 6.08. The molecule has 0 saturated carbocycles. The van der Waals surface area contributed by atoms with Crippen LogP contribution >= 0.6 is 22.9 Å². The summed E-state index contributed by atoms with van der Waals surface area (Å²) in [6, 6.07) is 0. The average molecular weight is 207 g/mol. The first-order valence-electron chi connectivity index (χ1n) is 3.24. The smallest absolute Gasteiger partial charge is 0.270 e. The Morgan fingerprint density at radius 3 is 3.08 bits per heavy atom. The molecule has 0 radical (unpaired) electrons. The van der Waals surface area contributed by atoms with E-state index in [0.717, 1.165) is 0 Å². The Morgan fingerprint density at radius 1 is 1.83 bits per heavy atom. The van der Waals surface area contributed by atoms with Gasteiger partial charge in [0.2, 0.25) is 0 Å². The van der Waals surface area contributed by atoms with Crippen molar-refractivity contribution in [2.45, 2.75) is 0 Å². The van der Waals surface area contributed by atoms with Gasteiger partial charge in [-0.1, -0.05) is 11.6 Å². The summed E-state index contributed by atoms with van der Waals surface area (Å²) in [6.45, 7) is 0.150. The Balaban J connectivity index is 2.53. The van der Waals surface area contributed by atoms with E-state index in [1.807, 2.05) is 0 Å². The molecular weight excluding hydrogens is 200 g/mol. The van der Waals surface area contributed by atoms with Crippen LogP contribution in [0.1, 0.15) is 10.5 Å². The summed E-state index contributed by atoms with van der Waals surface area (Å²) >= 11 is 6.71. The highest BCUT2D eigenvalue weighted by Crippen LogP contribution is 2.14. The molecule has 2 N–H and O–H groups in total. The van der Waals surface area contributed by atoms with Crippen LogP contribution in [-0.2, 0) is 0 Å². The third-order valence-corrected chi connectivity index (χ3v) is 2.08. The number of rotatable bonds is 3. The molecule has 66 valence electrons. The van der Waals surface area contributed by atoms with Crippen molar-refractivity contribution in [2.24, 2.45) is 0 Å². The molecular formula is C6H7ClN2O2S. The van der Waals surface area contributed by atoms with E-state index in [0.29, 0.717) is 10.2 Å². The fraction of sp³-hybridized carbons (Fsp3) is 0.333. The number of aliphatic hydroxyl groups is 1. The van der Waals surface area contributed by atoms with Gasteiger partial charge in [0.1, 0.15) is 5.69 Å². The fourth-order valence-corrected chi connectivity index (χ4v) is 1.36. The summed E-state index contributed by atoms with van der Waals surface area (Å²) in [5.41, 5.74) is 0.290. The predicted octanol–water partition coefficient (Wildman–Crippen LogP) is 0.519. The van der Waals surface area contributed by atoms with Crippen LogP contribution < -0.4 is 5.32 Å². The van der Waals surface area contributed by atoms with Gasteiger partial charge in [0.25, 0.3) is 5.91 Å². The SMILES string of the molecule is O=C(NCCO)c1csc(Cl)n1. The predicted molar refractivity (Wildman–Crippen MR) is 46.5 cm³/mol. The lowest BCUT2D eigenvalue weighted by Gasteiger charge is -1.97. The standard InChI is InChI=1S/C6H7ClN2O2S/c7-6-9-4(3-12-6)5(11)8-1-2-10/h3,10H,1-2H2,(H,8,11). The van der Waals surface area contributed by atoms with Gasteiger partial charge < -0.3 is 10.4 Å². The second kappa shape index (κ2) is 4.39. The molecule has 4 nitrogen and oxygen atoms in total. The van der Waals surface area contributed by atoms with Gasteiger partial charge >= 0.3 is 0 Å². The van der Waals surface area contributed by atoms with Crippen molar-refractivity contribution in [3.05, 3.63) is 15.5 Å². The summed E-state index contributed by atoms with van der Waals surface area (Å²) in [7, 11) is 0. The number of carbonyl (C=O) groups excluding carboxylic acids is 1. The molecule has 0 bridgehead atoms. The van der Waals surface area contributed by atoms with Crippen LogP contribution in [0.3, 0.4) is 0 Å². The van der Waals surface area contributed by atoms with Gasteiger partial charge in [-0.05, 0) is 0 Å². The highest BCUT2D eigenvalue weighted by Gasteiger charge is 2.07. The van der Waals surface area contributed by atoms with E-state index >= 15 is 0 Å². The van der Waals surface area contributed by atoms with Crippen LogP contribution in [-0.4, -0.2) is 29.1 Å². The Hall–Kier alpha value is -0.650. The second-order valence-corrected chi connectivity index (χ2v) is 3.41. The van der Waals surface area contributed by atoms with Crippen molar-refractivity contribution in [3.63, 3.8) is 0 Å². The van der Waals surface area contributed by atoms with Crippen LogP contribution in [0.15, 0.2) is 5.38 Å². The van der Waals surface area contributed by atoms with Gasteiger partial charge in [0.15, 0.2) is 4.47 Å². The maximum absolute atomic E-state index is 11.1. The Bertz CT molecular complexity index is 276. The molecule has 0 fully saturated rings. The molecule has 0 aliphatic heterocycles. The highest BCUT2D eigenvalue weighted by molar-refractivity contribution is 7.14. The number of carbonyl (C=O) groups is 1. The van der Waals surface area contributed by atoms with Crippen LogP contribution in [0.4, 0.5) is 0 Å². The van der Waals surface area contributed by atoms with E-state index in [1.165, 1.54) is 11.3 Å². The van der Waals surface area contributed by atoms with Crippen molar-refractivity contribution in [1.29, 1.82) is 0 Å². The van der Waals surface area contributed by atoms with Crippen molar-refractivity contribution in [1.82, 2.24) is 10.3 Å². The molecule has 1 aromatic heterocycles. The number of halogens is 1. The highest BCUT2D eigenvalue weighted by atomic mass is 35.5. The largest absolute Gasteiger partial charge is 0.395 e. The lowest BCUT2D eigenvalue weighted by Crippen LogP contribution is -2.26. The minimum Gasteiger partial charge on any atom is -0.395 e. The summed E-state index contributed by atoms with van der Waals surface area (Å²) in [5.74, 6) is -0.313. The monoisotopic (exact) mass is 206 g/mol. The van der Waals surface area contributed by atoms with Crippen LogP contribution in [0.2, 0.25) is 4.47 Å². The average Bonchev–Trinajstić information content (AvgIpc) is 2.47. The summed E-state index contributed by atoms with van der Waals surface area (Å²) < 4.78 is 0.337. The van der Waals surface area contributed by atoms with Gasteiger partial charge in [-0.3, -0.25) is 4.79 Å². The van der Waals surface area contributed by atoms with E-state index in [1.54, 1.807) is 5.38 Å². The topological polar surface area (TPSA) is 62.2 Å². The van der Waals surface area contributed by atoms with E-state index in [9.17, 15) is 4.79 Å². The van der Waals surface area contributed by atoms with E-state index < -0.39 is 0 Å². The first kappa shape index (κ1) is 9.44. The quantitative estimate of drug-likeness (QED) is 0.758. The molecule has 0 atom stereocenters. The van der Waals surface area contributed by atoms with Gasteiger partial charge in [0.05, 0.1) is 6.61 Å². The van der Waals surface area contributed by atoms with E-state index in [-0.39, 0.29) is 19.1 Å². The molecule has 1 aromatic rings. The third-order valence-electron chi connectivity index (χ3n) is 1.11. The first-order chi connectivity index (χ1) is 5.74. The number of thiazole rings is 1. The van der Waals surface area contributed by atoms with Crippen molar-refractivity contribution >= 4 is 28.8 Å². The maximum atomic E-state index is 11.1. The Kier molecular flexibility index (Phi) is 3.46. The number of amides is 1. The van der Waals surface area contributed by atoms with Crippen LogP contribution in [0.5, 0.6) is 0 Å². The summed E-state index contributed by atoms with van der Waals surface area (Å²) in [4.78, 5) is 14.8. The Labute approximate surface area is 78.2 Å². The van der Waals surface area contributed by atoms with Gasteiger partial charge in [0, 0.05) is 11.9 Å². The third kappa shape index (κ3) is 2.44. The van der Waals surface area contributed by atoms with E-state index in [4.69, 9.17) is 16.7 Å². The van der Waals surface area contributed by atoms with Crippen LogP contribution in [0, 0.1) is 0 Å². The van der Waals surface area contributed by atoms with Crippen LogP contribution in [0.25, 0.3) is 0 Å². The normalized spacial score (nSPS) is 9.83. The van der Waals surface area contributed by atoms with E-state index in [2.05, 4.69) is 10.3 Å². The fourth-order valence-electron chi connectivity index (χ4n) is 0.616. The maximum Gasteiger partial charge on any atom is 0.270 e.